The highest BCUT2D eigenvalue weighted by atomic mass is 16.6. The summed E-state index contributed by atoms with van der Waals surface area (Å²) in [6, 6.07) is 1.10. The molecule has 1 rings (SSSR count). The molecule has 1 N–H and O–H groups in total. The van der Waals surface area contributed by atoms with Crippen molar-refractivity contribution in [3.63, 3.8) is 0 Å². The molecule has 122 valence electrons. The maximum absolute atomic E-state index is 12.2. The zero-order chi connectivity index (χ0) is 16.0. The molecule has 1 saturated heterocycles. The molecule has 1 amide bonds. The number of nitrogens with zero attached hydrogens (tertiary/aromatic N) is 1. The van der Waals surface area contributed by atoms with E-state index in [1.54, 1.807) is 0 Å². The molecule has 1 aliphatic rings. The van der Waals surface area contributed by atoms with Crippen LogP contribution in [0.25, 0.3) is 0 Å². The van der Waals surface area contributed by atoms with E-state index < -0.39 is 5.60 Å². The lowest BCUT2D eigenvalue weighted by Gasteiger charge is -2.30. The predicted molar refractivity (Wildman–Crippen MR) is 87.5 cm³/mol. The van der Waals surface area contributed by atoms with Gasteiger partial charge in [0.2, 0.25) is 0 Å². The highest BCUT2D eigenvalue weighted by Crippen LogP contribution is 2.24. The molecule has 0 saturated carbocycles. The first-order chi connectivity index (χ1) is 9.73. The fraction of sp³-hybridized carbons (Fsp3) is 0.824. The first-order valence-corrected chi connectivity index (χ1v) is 8.09. The molecule has 4 nitrogen and oxygen atoms in total. The van der Waals surface area contributed by atoms with Crippen molar-refractivity contribution in [3.05, 3.63) is 12.7 Å². The lowest BCUT2D eigenvalue weighted by molar-refractivity contribution is 0.0214. The number of carbonyl (C=O) groups is 1. The summed E-state index contributed by atoms with van der Waals surface area (Å²) in [6.07, 6.45) is 5.84. The maximum atomic E-state index is 12.2. The van der Waals surface area contributed by atoms with Crippen molar-refractivity contribution in [2.24, 2.45) is 0 Å². The van der Waals surface area contributed by atoms with Gasteiger partial charge in [0.1, 0.15) is 5.60 Å². The van der Waals surface area contributed by atoms with E-state index in [4.69, 9.17) is 4.74 Å². The van der Waals surface area contributed by atoms with Crippen molar-refractivity contribution in [2.45, 2.75) is 84.0 Å². The Morgan fingerprint density at radius 3 is 2.67 bits per heavy atom. The Balaban J connectivity index is 2.49. The standard InChI is InChI=1S/C17H32N2O2/c1-7-9-13(2)18-14(3)12-15-10-8-11-19(15)16(20)21-17(4,5)6/h7,13-15,18H,1,8-12H2,2-6H3. The second-order valence-electron chi connectivity index (χ2n) is 7.20. The molecule has 1 fully saturated rings. The Kier molecular flexibility index (Phi) is 6.72. The van der Waals surface area contributed by atoms with Gasteiger partial charge in [-0.25, -0.2) is 4.79 Å². The van der Waals surface area contributed by atoms with Gasteiger partial charge >= 0.3 is 6.09 Å². The number of hydrogen-bond donors (Lipinski definition) is 1. The summed E-state index contributed by atoms with van der Waals surface area (Å²) in [4.78, 5) is 14.2. The Morgan fingerprint density at radius 2 is 2.10 bits per heavy atom. The molecule has 0 aliphatic carbocycles. The zero-order valence-electron chi connectivity index (χ0n) is 14.3. The van der Waals surface area contributed by atoms with Gasteiger partial charge in [-0.2, -0.15) is 0 Å². The third kappa shape index (κ3) is 6.51. The number of carbonyl (C=O) groups excluding carboxylic acids is 1. The van der Waals surface area contributed by atoms with E-state index in [2.05, 4.69) is 25.7 Å². The topological polar surface area (TPSA) is 41.6 Å². The van der Waals surface area contributed by atoms with Crippen molar-refractivity contribution >= 4 is 6.09 Å². The third-order valence-corrected chi connectivity index (χ3v) is 3.72. The molecule has 0 radical (unpaired) electrons. The average Bonchev–Trinajstić information content (AvgIpc) is 2.74. The highest BCUT2D eigenvalue weighted by molar-refractivity contribution is 5.68. The molecule has 0 aromatic heterocycles. The number of ether oxygens (including phenoxy) is 1. The monoisotopic (exact) mass is 296 g/mol. The van der Waals surface area contributed by atoms with Crippen LogP contribution in [0.4, 0.5) is 4.79 Å². The van der Waals surface area contributed by atoms with Crippen LogP contribution in [0, 0.1) is 0 Å². The van der Waals surface area contributed by atoms with Crippen LogP contribution < -0.4 is 5.32 Å². The van der Waals surface area contributed by atoms with Crippen LogP contribution in [0.1, 0.15) is 60.3 Å². The van der Waals surface area contributed by atoms with E-state index in [-0.39, 0.29) is 6.09 Å². The minimum atomic E-state index is -0.424. The summed E-state index contributed by atoms with van der Waals surface area (Å²) in [5.74, 6) is 0. The summed E-state index contributed by atoms with van der Waals surface area (Å²) in [6.45, 7) is 14.7. The van der Waals surface area contributed by atoms with Gasteiger partial charge in [-0.05, 0) is 60.3 Å². The first kappa shape index (κ1) is 18.0. The Hall–Kier alpha value is -1.03. The molecule has 21 heavy (non-hydrogen) atoms. The van der Waals surface area contributed by atoms with E-state index in [1.165, 1.54) is 0 Å². The van der Waals surface area contributed by atoms with Crippen LogP contribution in [-0.4, -0.2) is 41.3 Å². The van der Waals surface area contributed by atoms with E-state index in [1.807, 2.05) is 31.7 Å². The molecule has 1 aliphatic heterocycles. The lowest BCUT2D eigenvalue weighted by Crippen LogP contribution is -2.43. The summed E-state index contributed by atoms with van der Waals surface area (Å²) in [5, 5.41) is 3.57. The molecule has 3 unspecified atom stereocenters. The second kappa shape index (κ2) is 7.83. The van der Waals surface area contributed by atoms with Gasteiger partial charge in [-0.15, -0.1) is 6.58 Å². The maximum Gasteiger partial charge on any atom is 0.410 e. The normalized spacial score (nSPS) is 22.0. The van der Waals surface area contributed by atoms with Gasteiger partial charge in [0.05, 0.1) is 0 Å². The van der Waals surface area contributed by atoms with E-state index in [0.29, 0.717) is 18.1 Å². The summed E-state index contributed by atoms with van der Waals surface area (Å²) in [5.41, 5.74) is -0.424. The summed E-state index contributed by atoms with van der Waals surface area (Å²) >= 11 is 0. The van der Waals surface area contributed by atoms with Crippen molar-refractivity contribution in [2.75, 3.05) is 6.54 Å². The SMILES string of the molecule is C=CCC(C)NC(C)CC1CCCN1C(=O)OC(C)(C)C. The van der Waals surface area contributed by atoms with Gasteiger partial charge < -0.3 is 15.0 Å². The summed E-state index contributed by atoms with van der Waals surface area (Å²) in [7, 11) is 0. The Labute approximate surface area is 129 Å². The molecule has 1 heterocycles. The zero-order valence-corrected chi connectivity index (χ0v) is 14.3. The molecule has 0 aromatic rings. The van der Waals surface area contributed by atoms with Crippen molar-refractivity contribution in [3.8, 4) is 0 Å². The van der Waals surface area contributed by atoms with Gasteiger partial charge in [0.25, 0.3) is 0 Å². The Bertz CT molecular complexity index is 349. The van der Waals surface area contributed by atoms with Gasteiger partial charge in [-0.1, -0.05) is 6.08 Å². The number of rotatable bonds is 6. The van der Waals surface area contributed by atoms with E-state index in [9.17, 15) is 4.79 Å². The van der Waals surface area contributed by atoms with Crippen LogP contribution in [-0.2, 0) is 4.74 Å². The molecule has 3 atom stereocenters. The number of hydrogen-bond acceptors (Lipinski definition) is 3. The fourth-order valence-corrected chi connectivity index (χ4v) is 2.92. The van der Waals surface area contributed by atoms with E-state index >= 15 is 0 Å². The van der Waals surface area contributed by atoms with E-state index in [0.717, 1.165) is 32.2 Å². The Morgan fingerprint density at radius 1 is 1.43 bits per heavy atom. The van der Waals surface area contributed by atoms with Crippen LogP contribution in [0.5, 0.6) is 0 Å². The number of nitrogens with one attached hydrogen (secondary N) is 1. The molecular formula is C17H32N2O2. The number of likely N-dealkylation sites (tertiary alicyclic amines) is 1. The summed E-state index contributed by atoms with van der Waals surface area (Å²) < 4.78 is 5.51. The molecule has 0 aromatic carbocycles. The van der Waals surface area contributed by atoms with Crippen molar-refractivity contribution < 1.29 is 9.53 Å². The minimum Gasteiger partial charge on any atom is -0.444 e. The smallest absolute Gasteiger partial charge is 0.410 e. The van der Waals surface area contributed by atoms with Crippen LogP contribution in [0.3, 0.4) is 0 Å². The molecular weight excluding hydrogens is 264 g/mol. The highest BCUT2D eigenvalue weighted by Gasteiger charge is 2.32. The lowest BCUT2D eigenvalue weighted by atomic mass is 10.0. The average molecular weight is 296 g/mol. The largest absolute Gasteiger partial charge is 0.444 e. The molecule has 4 heteroatoms. The van der Waals surface area contributed by atoms with Gasteiger partial charge in [0, 0.05) is 24.7 Å². The second-order valence-corrected chi connectivity index (χ2v) is 7.20. The fourth-order valence-electron chi connectivity index (χ4n) is 2.92. The van der Waals surface area contributed by atoms with Gasteiger partial charge in [0.15, 0.2) is 0 Å². The number of amides is 1. The first-order valence-electron chi connectivity index (χ1n) is 8.09. The molecule has 0 spiro atoms. The van der Waals surface area contributed by atoms with Crippen LogP contribution in [0.2, 0.25) is 0 Å². The van der Waals surface area contributed by atoms with Gasteiger partial charge in [-0.3, -0.25) is 0 Å². The van der Waals surface area contributed by atoms with Crippen LogP contribution in [0.15, 0.2) is 12.7 Å². The quantitative estimate of drug-likeness (QED) is 0.760. The minimum absolute atomic E-state index is 0.170. The third-order valence-electron chi connectivity index (χ3n) is 3.72. The molecule has 0 bridgehead atoms. The predicted octanol–water partition coefficient (Wildman–Crippen LogP) is 3.72. The van der Waals surface area contributed by atoms with Crippen LogP contribution >= 0.6 is 0 Å². The van der Waals surface area contributed by atoms with Crippen molar-refractivity contribution in [1.82, 2.24) is 10.2 Å². The van der Waals surface area contributed by atoms with Crippen molar-refractivity contribution in [1.29, 1.82) is 0 Å².